The quantitative estimate of drug-likeness (QED) is 0.296. The number of amides is 1. The third-order valence-corrected chi connectivity index (χ3v) is 2.29. The molecule has 1 N–H and O–H groups in total. The summed E-state index contributed by atoms with van der Waals surface area (Å²) in [5, 5.41) is 13.0. The van der Waals surface area contributed by atoms with Crippen LogP contribution in [-0.4, -0.2) is 22.4 Å². The molecule has 1 amide bonds. The van der Waals surface area contributed by atoms with Crippen LogP contribution in [0.25, 0.3) is 0 Å². The van der Waals surface area contributed by atoms with Crippen molar-refractivity contribution in [3.63, 3.8) is 0 Å². The van der Waals surface area contributed by atoms with Crippen LogP contribution < -0.4 is 5.32 Å². The zero-order valence-electron chi connectivity index (χ0n) is 9.57. The van der Waals surface area contributed by atoms with Gasteiger partial charge in [-0.1, -0.05) is 11.6 Å². The van der Waals surface area contributed by atoms with Gasteiger partial charge in [-0.25, -0.2) is 4.98 Å². The lowest BCUT2D eigenvalue weighted by Crippen LogP contribution is -2.24. The number of rotatable bonds is 4. The zero-order valence-corrected chi connectivity index (χ0v) is 10.3. The predicted molar refractivity (Wildman–Crippen MR) is 66.3 cm³/mol. The van der Waals surface area contributed by atoms with Crippen LogP contribution in [0, 0.1) is 22.0 Å². The summed E-state index contributed by atoms with van der Waals surface area (Å²) in [6.07, 6.45) is 1.50. The van der Waals surface area contributed by atoms with Crippen molar-refractivity contribution in [2.75, 3.05) is 6.54 Å². The Hall–Kier alpha value is -2.13. The van der Waals surface area contributed by atoms with Crippen LogP contribution >= 0.6 is 11.6 Å². The molecule has 0 saturated carbocycles. The van der Waals surface area contributed by atoms with Gasteiger partial charge in [0.05, 0.1) is 10.5 Å². The first-order chi connectivity index (χ1) is 8.56. The number of nitrogens with zero attached hydrogens (tertiary/aromatic N) is 2. The molecule has 0 atom stereocenters. The van der Waals surface area contributed by atoms with E-state index in [9.17, 15) is 14.9 Å². The molecule has 7 heteroatoms. The first-order valence-corrected chi connectivity index (χ1v) is 5.41. The maximum absolute atomic E-state index is 11.7. The lowest BCUT2D eigenvalue weighted by Gasteiger charge is -2.04. The molecule has 18 heavy (non-hydrogen) atoms. The number of carbonyl (C=O) groups is 1. The molecular formula is C11H10ClN3O3. The molecule has 0 bridgehead atoms. The van der Waals surface area contributed by atoms with Gasteiger partial charge in [0.25, 0.3) is 11.6 Å². The van der Waals surface area contributed by atoms with Gasteiger partial charge in [0.15, 0.2) is 0 Å². The van der Waals surface area contributed by atoms with E-state index in [1.54, 1.807) is 6.92 Å². The van der Waals surface area contributed by atoms with Crippen LogP contribution in [-0.2, 0) is 0 Å². The zero-order chi connectivity index (χ0) is 13.5. The Kier molecular flexibility index (Phi) is 5.08. The van der Waals surface area contributed by atoms with E-state index in [2.05, 4.69) is 22.1 Å². The summed E-state index contributed by atoms with van der Waals surface area (Å²) in [7, 11) is 0. The van der Waals surface area contributed by atoms with E-state index in [0.717, 1.165) is 12.3 Å². The van der Waals surface area contributed by atoms with Crippen LogP contribution in [0.15, 0.2) is 12.3 Å². The Labute approximate surface area is 109 Å². The van der Waals surface area contributed by atoms with E-state index in [1.165, 1.54) is 0 Å². The monoisotopic (exact) mass is 267 g/mol. The van der Waals surface area contributed by atoms with Crippen molar-refractivity contribution >= 4 is 23.2 Å². The fraction of sp³-hybridized carbons (Fsp3) is 0.273. The van der Waals surface area contributed by atoms with Gasteiger partial charge < -0.3 is 5.32 Å². The Morgan fingerprint density at radius 1 is 1.67 bits per heavy atom. The van der Waals surface area contributed by atoms with Gasteiger partial charge in [-0.15, -0.1) is 11.8 Å². The second kappa shape index (κ2) is 6.57. The molecule has 1 rings (SSSR count). The van der Waals surface area contributed by atoms with Crippen LogP contribution in [0.4, 0.5) is 5.69 Å². The third kappa shape index (κ3) is 3.71. The van der Waals surface area contributed by atoms with Gasteiger partial charge in [-0.05, 0) is 6.92 Å². The fourth-order valence-electron chi connectivity index (χ4n) is 1.15. The molecule has 1 aromatic rings. The SMILES string of the molecule is CC#CCCNC(=O)c1cc([N+](=O)[O-])cnc1Cl. The third-order valence-electron chi connectivity index (χ3n) is 1.99. The standard InChI is InChI=1S/C11H10ClN3O3/c1-2-3-4-5-13-11(16)9-6-8(15(17)18)7-14-10(9)12/h6-7H,4-5H2,1H3,(H,13,16). The first kappa shape index (κ1) is 13.9. The van der Waals surface area contributed by atoms with Gasteiger partial charge >= 0.3 is 0 Å². The van der Waals surface area contributed by atoms with Crippen molar-refractivity contribution < 1.29 is 9.72 Å². The maximum atomic E-state index is 11.7. The van der Waals surface area contributed by atoms with Crippen molar-refractivity contribution in [1.29, 1.82) is 0 Å². The van der Waals surface area contributed by atoms with Crippen LogP contribution in [0.5, 0.6) is 0 Å². The number of carbonyl (C=O) groups excluding carboxylic acids is 1. The van der Waals surface area contributed by atoms with Crippen molar-refractivity contribution in [2.24, 2.45) is 0 Å². The Morgan fingerprint density at radius 3 is 3.00 bits per heavy atom. The topological polar surface area (TPSA) is 85.1 Å². The van der Waals surface area contributed by atoms with Crippen LogP contribution in [0.2, 0.25) is 5.15 Å². The summed E-state index contributed by atoms with van der Waals surface area (Å²) in [4.78, 5) is 25.2. The Morgan fingerprint density at radius 2 is 2.39 bits per heavy atom. The van der Waals surface area contributed by atoms with E-state index < -0.39 is 10.8 Å². The molecule has 0 aromatic carbocycles. The van der Waals surface area contributed by atoms with Gasteiger partial charge in [-0.3, -0.25) is 14.9 Å². The largest absolute Gasteiger partial charge is 0.351 e. The van der Waals surface area contributed by atoms with E-state index in [0.29, 0.717) is 13.0 Å². The van der Waals surface area contributed by atoms with Crippen molar-refractivity contribution in [2.45, 2.75) is 13.3 Å². The minimum absolute atomic E-state index is 0.0182. The molecule has 0 radical (unpaired) electrons. The van der Waals surface area contributed by atoms with E-state index in [4.69, 9.17) is 11.6 Å². The molecular weight excluding hydrogens is 258 g/mol. The number of nitrogens with one attached hydrogen (secondary N) is 1. The summed E-state index contributed by atoms with van der Waals surface area (Å²) in [5.74, 6) is 4.96. The molecule has 0 aliphatic carbocycles. The average Bonchev–Trinajstić information content (AvgIpc) is 2.34. The van der Waals surface area contributed by atoms with Crippen molar-refractivity contribution in [3.05, 3.63) is 33.1 Å². The Bertz CT molecular complexity index is 534. The molecule has 0 aliphatic rings. The van der Waals surface area contributed by atoms with Gasteiger partial charge in [0.2, 0.25) is 0 Å². The van der Waals surface area contributed by atoms with Gasteiger partial charge in [0.1, 0.15) is 11.3 Å². The summed E-state index contributed by atoms with van der Waals surface area (Å²) >= 11 is 5.71. The molecule has 94 valence electrons. The molecule has 0 spiro atoms. The minimum Gasteiger partial charge on any atom is -0.351 e. The predicted octanol–water partition coefficient (Wildman–Crippen LogP) is 1.79. The summed E-state index contributed by atoms with van der Waals surface area (Å²) in [6, 6.07) is 1.09. The van der Waals surface area contributed by atoms with E-state index >= 15 is 0 Å². The highest BCUT2D eigenvalue weighted by atomic mass is 35.5. The highest BCUT2D eigenvalue weighted by Crippen LogP contribution is 2.18. The van der Waals surface area contributed by atoms with Gasteiger partial charge in [0, 0.05) is 19.0 Å². The number of hydrogen-bond donors (Lipinski definition) is 1. The van der Waals surface area contributed by atoms with Crippen molar-refractivity contribution in [1.82, 2.24) is 10.3 Å². The summed E-state index contributed by atoms with van der Waals surface area (Å²) in [6.45, 7) is 2.04. The molecule has 1 heterocycles. The first-order valence-electron chi connectivity index (χ1n) is 5.04. The van der Waals surface area contributed by atoms with Gasteiger partial charge in [-0.2, -0.15) is 0 Å². The lowest BCUT2D eigenvalue weighted by atomic mass is 10.2. The molecule has 0 fully saturated rings. The Balaban J connectivity index is 2.80. The smallest absolute Gasteiger partial charge is 0.288 e. The number of aromatic nitrogens is 1. The average molecular weight is 268 g/mol. The summed E-state index contributed by atoms with van der Waals surface area (Å²) in [5.41, 5.74) is -0.298. The molecule has 0 aliphatic heterocycles. The number of nitro groups is 1. The number of halogens is 1. The minimum atomic E-state index is -0.636. The normalized spacial score (nSPS) is 9.22. The van der Waals surface area contributed by atoms with Crippen LogP contribution in [0.3, 0.4) is 0 Å². The number of pyridine rings is 1. The maximum Gasteiger partial charge on any atom is 0.288 e. The highest BCUT2D eigenvalue weighted by Gasteiger charge is 2.16. The van der Waals surface area contributed by atoms with E-state index in [-0.39, 0.29) is 16.4 Å². The summed E-state index contributed by atoms with van der Waals surface area (Å²) < 4.78 is 0. The van der Waals surface area contributed by atoms with Crippen LogP contribution in [0.1, 0.15) is 23.7 Å². The highest BCUT2D eigenvalue weighted by molar-refractivity contribution is 6.32. The molecule has 1 aromatic heterocycles. The lowest BCUT2D eigenvalue weighted by molar-refractivity contribution is -0.385. The fourth-order valence-corrected chi connectivity index (χ4v) is 1.34. The second-order valence-electron chi connectivity index (χ2n) is 3.22. The molecule has 0 saturated heterocycles. The number of hydrogen-bond acceptors (Lipinski definition) is 4. The molecule has 6 nitrogen and oxygen atoms in total. The second-order valence-corrected chi connectivity index (χ2v) is 3.58. The van der Waals surface area contributed by atoms with Crippen molar-refractivity contribution in [3.8, 4) is 11.8 Å². The van der Waals surface area contributed by atoms with E-state index in [1.807, 2.05) is 0 Å². The molecule has 0 unspecified atom stereocenters.